The number of rotatable bonds is 5. The van der Waals surface area contributed by atoms with E-state index in [0.29, 0.717) is 6.04 Å². The number of anilines is 1. The highest BCUT2D eigenvalue weighted by Crippen LogP contribution is 2.30. The molecule has 2 rings (SSSR count). The Morgan fingerprint density at radius 3 is 2.75 bits per heavy atom. The smallest absolute Gasteiger partial charge is 0.0401 e. The first-order valence-electron chi connectivity index (χ1n) is 8.02. The summed E-state index contributed by atoms with van der Waals surface area (Å²) in [7, 11) is 0. The third-order valence-electron chi connectivity index (χ3n) is 4.67. The number of fused-ring (bicyclic) bond motifs is 1. The summed E-state index contributed by atoms with van der Waals surface area (Å²) in [6, 6.07) is 9.43. The standard InChI is InChI=1S/C18H30N2/c1-6-18(4,5)19-12-15(3)20-13-14(2)11-16-9-7-8-10-17(16)20/h7-10,14-15,19H,6,11-13H2,1-5H3. The second-order valence-electron chi connectivity index (χ2n) is 7.06. The molecule has 1 aliphatic rings. The summed E-state index contributed by atoms with van der Waals surface area (Å²) in [5.74, 6) is 0.742. The maximum atomic E-state index is 3.71. The molecule has 0 saturated carbocycles. The Balaban J connectivity index is 2.08. The highest BCUT2D eigenvalue weighted by atomic mass is 15.2. The van der Waals surface area contributed by atoms with E-state index in [1.165, 1.54) is 24.2 Å². The Morgan fingerprint density at radius 2 is 2.05 bits per heavy atom. The zero-order chi connectivity index (χ0) is 14.8. The predicted octanol–water partition coefficient (Wildman–Crippen LogP) is 3.85. The van der Waals surface area contributed by atoms with Gasteiger partial charge in [-0.2, -0.15) is 0 Å². The van der Waals surface area contributed by atoms with Gasteiger partial charge in [0.2, 0.25) is 0 Å². The Kier molecular flexibility index (Phi) is 4.74. The van der Waals surface area contributed by atoms with Gasteiger partial charge in [0.15, 0.2) is 0 Å². The van der Waals surface area contributed by atoms with Crippen molar-refractivity contribution in [1.29, 1.82) is 0 Å². The second kappa shape index (κ2) is 6.17. The largest absolute Gasteiger partial charge is 0.367 e. The quantitative estimate of drug-likeness (QED) is 0.877. The molecule has 2 heteroatoms. The number of para-hydroxylation sites is 1. The molecule has 1 aromatic carbocycles. The van der Waals surface area contributed by atoms with E-state index >= 15 is 0 Å². The summed E-state index contributed by atoms with van der Waals surface area (Å²) in [6.07, 6.45) is 2.37. The molecule has 0 aliphatic carbocycles. The molecule has 0 aromatic heterocycles. The lowest BCUT2D eigenvalue weighted by Crippen LogP contribution is -2.50. The Morgan fingerprint density at radius 1 is 1.35 bits per heavy atom. The van der Waals surface area contributed by atoms with Crippen LogP contribution in [0.1, 0.15) is 46.6 Å². The Bertz CT molecular complexity index is 439. The second-order valence-corrected chi connectivity index (χ2v) is 7.06. The van der Waals surface area contributed by atoms with Gasteiger partial charge < -0.3 is 10.2 Å². The van der Waals surface area contributed by atoms with E-state index in [1.54, 1.807) is 0 Å². The molecule has 1 aromatic rings. The molecular formula is C18H30N2. The Hall–Kier alpha value is -1.02. The lowest BCUT2D eigenvalue weighted by Gasteiger charge is -2.40. The zero-order valence-electron chi connectivity index (χ0n) is 13.7. The van der Waals surface area contributed by atoms with Gasteiger partial charge in [-0.3, -0.25) is 0 Å². The first kappa shape index (κ1) is 15.4. The summed E-state index contributed by atoms with van der Waals surface area (Å²) >= 11 is 0. The van der Waals surface area contributed by atoms with Crippen molar-refractivity contribution < 1.29 is 0 Å². The van der Waals surface area contributed by atoms with Crippen LogP contribution >= 0.6 is 0 Å². The zero-order valence-corrected chi connectivity index (χ0v) is 13.7. The molecule has 20 heavy (non-hydrogen) atoms. The van der Waals surface area contributed by atoms with E-state index in [2.05, 4.69) is 69.1 Å². The normalized spacial score (nSPS) is 20.6. The number of benzene rings is 1. The van der Waals surface area contributed by atoms with Crippen LogP contribution in [0.3, 0.4) is 0 Å². The molecule has 0 bridgehead atoms. The van der Waals surface area contributed by atoms with E-state index in [9.17, 15) is 0 Å². The molecule has 1 aliphatic heterocycles. The fourth-order valence-corrected chi connectivity index (χ4v) is 2.91. The molecule has 0 saturated heterocycles. The number of nitrogens with one attached hydrogen (secondary N) is 1. The van der Waals surface area contributed by atoms with Gasteiger partial charge in [-0.15, -0.1) is 0 Å². The Labute approximate surface area is 124 Å². The van der Waals surface area contributed by atoms with Gasteiger partial charge in [-0.25, -0.2) is 0 Å². The fraction of sp³-hybridized carbons (Fsp3) is 0.667. The van der Waals surface area contributed by atoms with Crippen LogP contribution in [0.2, 0.25) is 0 Å². The van der Waals surface area contributed by atoms with Crippen LogP contribution in [0.15, 0.2) is 24.3 Å². The van der Waals surface area contributed by atoms with Crippen molar-refractivity contribution in [2.75, 3.05) is 18.0 Å². The summed E-state index contributed by atoms with van der Waals surface area (Å²) < 4.78 is 0. The van der Waals surface area contributed by atoms with Crippen LogP contribution in [0.5, 0.6) is 0 Å². The minimum atomic E-state index is 0.231. The van der Waals surface area contributed by atoms with Crippen molar-refractivity contribution in [2.45, 2.75) is 59.0 Å². The third kappa shape index (κ3) is 3.54. The molecule has 112 valence electrons. The minimum Gasteiger partial charge on any atom is -0.367 e. The number of hydrogen-bond acceptors (Lipinski definition) is 2. The molecule has 0 fully saturated rings. The molecular weight excluding hydrogens is 244 g/mol. The van der Waals surface area contributed by atoms with E-state index in [0.717, 1.165) is 18.9 Å². The molecule has 1 heterocycles. The van der Waals surface area contributed by atoms with Crippen LogP contribution in [0.25, 0.3) is 0 Å². The van der Waals surface area contributed by atoms with E-state index < -0.39 is 0 Å². The van der Waals surface area contributed by atoms with Crippen LogP contribution < -0.4 is 10.2 Å². The molecule has 0 amide bonds. The lowest BCUT2D eigenvalue weighted by atomic mass is 9.92. The number of hydrogen-bond donors (Lipinski definition) is 1. The lowest BCUT2D eigenvalue weighted by molar-refractivity contribution is 0.356. The van der Waals surface area contributed by atoms with Crippen molar-refractivity contribution in [2.24, 2.45) is 5.92 Å². The van der Waals surface area contributed by atoms with Crippen molar-refractivity contribution in [3.63, 3.8) is 0 Å². The average Bonchev–Trinajstić information content (AvgIpc) is 2.44. The fourth-order valence-electron chi connectivity index (χ4n) is 2.91. The van der Waals surface area contributed by atoms with Crippen LogP contribution in [0, 0.1) is 5.92 Å². The maximum Gasteiger partial charge on any atom is 0.0401 e. The summed E-state index contributed by atoms with van der Waals surface area (Å²) in [4.78, 5) is 2.59. The molecule has 0 spiro atoms. The van der Waals surface area contributed by atoms with Gasteiger partial charge in [0, 0.05) is 30.4 Å². The van der Waals surface area contributed by atoms with Gasteiger partial charge >= 0.3 is 0 Å². The number of nitrogens with zero attached hydrogens (tertiary/aromatic N) is 1. The van der Waals surface area contributed by atoms with Crippen LogP contribution in [-0.4, -0.2) is 24.7 Å². The molecule has 2 unspecified atom stereocenters. The summed E-state index contributed by atoms with van der Waals surface area (Å²) in [6.45, 7) is 13.7. The van der Waals surface area contributed by atoms with Gasteiger partial charge in [0.25, 0.3) is 0 Å². The molecule has 2 nitrogen and oxygen atoms in total. The first-order valence-corrected chi connectivity index (χ1v) is 8.02. The van der Waals surface area contributed by atoms with Gasteiger partial charge in [-0.1, -0.05) is 32.0 Å². The van der Waals surface area contributed by atoms with E-state index in [1.807, 2.05) is 0 Å². The van der Waals surface area contributed by atoms with Crippen molar-refractivity contribution in [3.05, 3.63) is 29.8 Å². The third-order valence-corrected chi connectivity index (χ3v) is 4.67. The summed E-state index contributed by atoms with van der Waals surface area (Å²) in [5, 5.41) is 3.71. The molecule has 0 radical (unpaired) electrons. The highest BCUT2D eigenvalue weighted by Gasteiger charge is 2.26. The highest BCUT2D eigenvalue weighted by molar-refractivity contribution is 5.56. The predicted molar refractivity (Wildman–Crippen MR) is 88.5 cm³/mol. The van der Waals surface area contributed by atoms with Crippen LogP contribution in [-0.2, 0) is 6.42 Å². The monoisotopic (exact) mass is 274 g/mol. The maximum absolute atomic E-state index is 3.71. The summed E-state index contributed by atoms with van der Waals surface area (Å²) in [5.41, 5.74) is 3.18. The topological polar surface area (TPSA) is 15.3 Å². The molecule has 2 atom stereocenters. The van der Waals surface area contributed by atoms with Crippen molar-refractivity contribution >= 4 is 5.69 Å². The van der Waals surface area contributed by atoms with Crippen LogP contribution in [0.4, 0.5) is 5.69 Å². The van der Waals surface area contributed by atoms with E-state index in [-0.39, 0.29) is 5.54 Å². The first-order chi connectivity index (χ1) is 9.43. The van der Waals surface area contributed by atoms with E-state index in [4.69, 9.17) is 0 Å². The van der Waals surface area contributed by atoms with Gasteiger partial charge in [0.05, 0.1) is 0 Å². The van der Waals surface area contributed by atoms with Gasteiger partial charge in [-0.05, 0) is 51.2 Å². The van der Waals surface area contributed by atoms with Crippen molar-refractivity contribution in [3.8, 4) is 0 Å². The van der Waals surface area contributed by atoms with Crippen molar-refractivity contribution in [1.82, 2.24) is 5.32 Å². The molecule has 1 N–H and O–H groups in total. The SMILES string of the molecule is CCC(C)(C)NCC(C)N1CC(C)Cc2ccccc21. The minimum absolute atomic E-state index is 0.231. The van der Waals surface area contributed by atoms with Gasteiger partial charge in [0.1, 0.15) is 0 Å². The average molecular weight is 274 g/mol.